The van der Waals surface area contributed by atoms with Gasteiger partial charge < -0.3 is 14.1 Å². The Labute approximate surface area is 202 Å². The van der Waals surface area contributed by atoms with Gasteiger partial charge in [-0.25, -0.2) is 4.79 Å². The standard InChI is InChI=1S/C25H28BrClN2O3/c1-18-22-8-7-21(15-24(22)32-25(30)23(18)16-26)31-14-2-9-28-10-12-29(13-11-28)17-19-3-5-20(27)6-4-19/h3-8,15H,2,9-14,16-17H2,1H3. The molecule has 0 atom stereocenters. The molecule has 0 radical (unpaired) electrons. The van der Waals surface area contributed by atoms with Crippen molar-refractivity contribution >= 4 is 38.5 Å². The summed E-state index contributed by atoms with van der Waals surface area (Å²) in [4.78, 5) is 17.1. The Hall–Kier alpha value is -1.86. The summed E-state index contributed by atoms with van der Waals surface area (Å²) in [6.07, 6.45) is 0.959. The van der Waals surface area contributed by atoms with Crippen LogP contribution in [-0.2, 0) is 11.9 Å². The number of rotatable bonds is 8. The predicted octanol–water partition coefficient (Wildman–Crippen LogP) is 5.24. The molecule has 0 aliphatic carbocycles. The van der Waals surface area contributed by atoms with E-state index in [1.54, 1.807) is 0 Å². The van der Waals surface area contributed by atoms with Gasteiger partial charge >= 0.3 is 5.63 Å². The van der Waals surface area contributed by atoms with Crippen LogP contribution in [-0.4, -0.2) is 49.1 Å². The lowest BCUT2D eigenvalue weighted by Crippen LogP contribution is -2.46. The normalized spacial score (nSPS) is 15.3. The number of halogens is 2. The minimum absolute atomic E-state index is 0.292. The van der Waals surface area contributed by atoms with Crippen molar-refractivity contribution in [2.75, 3.05) is 39.3 Å². The van der Waals surface area contributed by atoms with E-state index in [0.717, 1.165) is 67.4 Å². The molecule has 0 saturated carbocycles. The van der Waals surface area contributed by atoms with Gasteiger partial charge in [-0.1, -0.05) is 39.7 Å². The highest BCUT2D eigenvalue weighted by atomic mass is 79.9. The van der Waals surface area contributed by atoms with Gasteiger partial charge in [0.25, 0.3) is 0 Å². The van der Waals surface area contributed by atoms with Crippen molar-refractivity contribution in [3.8, 4) is 5.75 Å². The maximum absolute atomic E-state index is 12.1. The van der Waals surface area contributed by atoms with E-state index in [-0.39, 0.29) is 5.63 Å². The number of hydrogen-bond donors (Lipinski definition) is 0. The molecule has 1 aliphatic heterocycles. The Morgan fingerprint density at radius 1 is 1.06 bits per heavy atom. The molecule has 1 saturated heterocycles. The fourth-order valence-electron chi connectivity index (χ4n) is 4.12. The van der Waals surface area contributed by atoms with E-state index in [2.05, 4.69) is 37.9 Å². The Morgan fingerprint density at radius 3 is 2.50 bits per heavy atom. The van der Waals surface area contributed by atoms with Crippen molar-refractivity contribution in [2.45, 2.75) is 25.2 Å². The van der Waals surface area contributed by atoms with E-state index in [9.17, 15) is 4.79 Å². The zero-order valence-corrected chi connectivity index (χ0v) is 20.6. The van der Waals surface area contributed by atoms with Crippen LogP contribution in [0.15, 0.2) is 51.7 Å². The Morgan fingerprint density at radius 2 is 1.78 bits per heavy atom. The number of ether oxygens (including phenoxy) is 1. The third kappa shape index (κ3) is 5.73. The van der Waals surface area contributed by atoms with Gasteiger partial charge in [-0.15, -0.1) is 0 Å². The summed E-state index contributed by atoms with van der Waals surface area (Å²) in [6.45, 7) is 8.87. The molecule has 0 N–H and O–H groups in total. The lowest BCUT2D eigenvalue weighted by molar-refractivity contribution is 0.121. The maximum atomic E-state index is 12.1. The smallest absolute Gasteiger partial charge is 0.340 e. The first-order valence-electron chi connectivity index (χ1n) is 11.0. The van der Waals surface area contributed by atoms with E-state index in [1.807, 2.05) is 37.3 Å². The summed E-state index contributed by atoms with van der Waals surface area (Å²) in [6, 6.07) is 13.9. The molecule has 0 spiro atoms. The second-order valence-electron chi connectivity index (χ2n) is 8.23. The van der Waals surface area contributed by atoms with Crippen LogP contribution in [0.2, 0.25) is 5.02 Å². The Kier molecular flexibility index (Phi) is 7.89. The zero-order valence-electron chi connectivity index (χ0n) is 18.3. The van der Waals surface area contributed by atoms with Crippen LogP contribution in [0, 0.1) is 6.92 Å². The molecule has 0 amide bonds. The fourth-order valence-corrected chi connectivity index (χ4v) is 4.89. The zero-order chi connectivity index (χ0) is 22.5. The first-order chi connectivity index (χ1) is 15.5. The summed E-state index contributed by atoms with van der Waals surface area (Å²) >= 11 is 9.33. The van der Waals surface area contributed by atoms with Crippen LogP contribution in [0.25, 0.3) is 11.0 Å². The molecular weight excluding hydrogens is 492 g/mol. The number of fused-ring (bicyclic) bond motifs is 1. The van der Waals surface area contributed by atoms with Crippen LogP contribution in [0.3, 0.4) is 0 Å². The second kappa shape index (κ2) is 10.8. The number of alkyl halides is 1. The quantitative estimate of drug-likeness (QED) is 0.231. The monoisotopic (exact) mass is 518 g/mol. The summed E-state index contributed by atoms with van der Waals surface area (Å²) < 4.78 is 11.4. The largest absolute Gasteiger partial charge is 0.493 e. The fraction of sp³-hybridized carbons (Fsp3) is 0.400. The van der Waals surface area contributed by atoms with Crippen LogP contribution < -0.4 is 10.4 Å². The highest BCUT2D eigenvalue weighted by Gasteiger charge is 2.17. The molecule has 1 fully saturated rings. The molecule has 0 bridgehead atoms. The Bertz CT molecular complexity index is 1110. The second-order valence-corrected chi connectivity index (χ2v) is 9.23. The van der Waals surface area contributed by atoms with Gasteiger partial charge in [0.15, 0.2) is 0 Å². The topological polar surface area (TPSA) is 45.9 Å². The number of piperazine rings is 1. The highest BCUT2D eigenvalue weighted by Crippen LogP contribution is 2.25. The number of hydrogen-bond acceptors (Lipinski definition) is 5. The van der Waals surface area contributed by atoms with Gasteiger partial charge in [0, 0.05) is 61.1 Å². The summed E-state index contributed by atoms with van der Waals surface area (Å²) in [5.74, 6) is 0.736. The molecule has 7 heteroatoms. The molecule has 3 aromatic rings. The van der Waals surface area contributed by atoms with Crippen LogP contribution in [0.4, 0.5) is 0 Å². The van der Waals surface area contributed by atoms with Gasteiger partial charge in [0.2, 0.25) is 0 Å². The summed E-state index contributed by atoms with van der Waals surface area (Å²) in [7, 11) is 0. The van der Waals surface area contributed by atoms with Crippen LogP contribution in [0.5, 0.6) is 5.75 Å². The van der Waals surface area contributed by atoms with Crippen molar-refractivity contribution in [1.29, 1.82) is 0 Å². The van der Waals surface area contributed by atoms with E-state index >= 15 is 0 Å². The number of benzene rings is 2. The molecule has 32 heavy (non-hydrogen) atoms. The molecule has 0 unspecified atom stereocenters. The van der Waals surface area contributed by atoms with E-state index in [0.29, 0.717) is 23.1 Å². The van der Waals surface area contributed by atoms with Crippen molar-refractivity contribution in [3.63, 3.8) is 0 Å². The SMILES string of the molecule is Cc1c(CBr)c(=O)oc2cc(OCCCN3CCN(Cc4ccc(Cl)cc4)CC3)ccc12. The number of aryl methyl sites for hydroxylation is 1. The van der Waals surface area contributed by atoms with Gasteiger partial charge in [0.1, 0.15) is 11.3 Å². The Balaban J connectivity index is 1.21. The molecule has 2 aromatic carbocycles. The van der Waals surface area contributed by atoms with Crippen molar-refractivity contribution in [3.05, 3.63) is 74.6 Å². The van der Waals surface area contributed by atoms with Gasteiger partial charge in [-0.2, -0.15) is 0 Å². The maximum Gasteiger partial charge on any atom is 0.340 e. The average molecular weight is 520 g/mol. The van der Waals surface area contributed by atoms with E-state index < -0.39 is 0 Å². The molecule has 1 aliphatic rings. The number of nitrogens with zero attached hydrogens (tertiary/aromatic N) is 2. The summed E-state index contributed by atoms with van der Waals surface area (Å²) in [5, 5.41) is 2.22. The summed E-state index contributed by atoms with van der Waals surface area (Å²) in [5.41, 5.74) is 3.21. The van der Waals surface area contributed by atoms with Gasteiger partial charge in [-0.3, -0.25) is 4.90 Å². The van der Waals surface area contributed by atoms with Crippen LogP contribution >= 0.6 is 27.5 Å². The average Bonchev–Trinajstić information content (AvgIpc) is 2.79. The van der Waals surface area contributed by atoms with Gasteiger partial charge in [-0.05, 0) is 48.7 Å². The molecular formula is C25H28BrClN2O3. The third-order valence-electron chi connectivity index (χ3n) is 6.06. The molecule has 5 nitrogen and oxygen atoms in total. The van der Waals surface area contributed by atoms with E-state index in [1.165, 1.54) is 5.56 Å². The molecule has 2 heterocycles. The highest BCUT2D eigenvalue weighted by molar-refractivity contribution is 9.08. The van der Waals surface area contributed by atoms with Gasteiger partial charge in [0.05, 0.1) is 12.2 Å². The first-order valence-corrected chi connectivity index (χ1v) is 12.5. The first kappa shape index (κ1) is 23.3. The lowest BCUT2D eigenvalue weighted by atomic mass is 10.1. The predicted molar refractivity (Wildman–Crippen MR) is 133 cm³/mol. The molecule has 1 aromatic heterocycles. The lowest BCUT2D eigenvalue weighted by Gasteiger charge is -2.34. The van der Waals surface area contributed by atoms with Crippen LogP contribution in [0.1, 0.15) is 23.1 Å². The third-order valence-corrected chi connectivity index (χ3v) is 6.88. The van der Waals surface area contributed by atoms with E-state index in [4.69, 9.17) is 20.8 Å². The van der Waals surface area contributed by atoms with Crippen molar-refractivity contribution in [2.24, 2.45) is 0 Å². The minimum Gasteiger partial charge on any atom is -0.493 e. The van der Waals surface area contributed by atoms with Crippen molar-refractivity contribution in [1.82, 2.24) is 9.80 Å². The minimum atomic E-state index is -0.292. The van der Waals surface area contributed by atoms with Crippen molar-refractivity contribution < 1.29 is 9.15 Å². The molecule has 4 rings (SSSR count). The molecule has 170 valence electrons.